The Labute approximate surface area is 147 Å². The molecule has 1 aliphatic rings. The van der Waals surface area contributed by atoms with Crippen molar-refractivity contribution in [2.24, 2.45) is 0 Å². The Morgan fingerprint density at radius 3 is 2.50 bits per heavy atom. The molecular formula is C18H24ClN4O+. The number of likely N-dealkylation sites (N-methyl/N-ethyl adjacent to an activating group) is 1. The van der Waals surface area contributed by atoms with Crippen molar-refractivity contribution in [1.82, 2.24) is 9.97 Å². The molecule has 0 amide bonds. The molecule has 1 aromatic carbocycles. The Morgan fingerprint density at radius 1 is 1.25 bits per heavy atom. The zero-order valence-electron chi connectivity index (χ0n) is 14.2. The molecule has 0 atom stereocenters. The predicted molar refractivity (Wildman–Crippen MR) is 97.3 cm³/mol. The van der Waals surface area contributed by atoms with Gasteiger partial charge in [0.25, 0.3) is 5.56 Å². The summed E-state index contributed by atoms with van der Waals surface area (Å²) in [5.41, 5.74) is 2.54. The van der Waals surface area contributed by atoms with Crippen molar-refractivity contribution >= 4 is 17.5 Å². The topological polar surface area (TPSA) is 53.4 Å². The number of aromatic nitrogens is 2. The van der Waals surface area contributed by atoms with Crippen LogP contribution in [0.2, 0.25) is 5.02 Å². The van der Waals surface area contributed by atoms with Gasteiger partial charge >= 0.3 is 0 Å². The van der Waals surface area contributed by atoms with Crippen molar-refractivity contribution in [2.45, 2.75) is 20.3 Å². The molecule has 128 valence electrons. The van der Waals surface area contributed by atoms with Crippen LogP contribution in [0.3, 0.4) is 0 Å². The fourth-order valence-corrected chi connectivity index (χ4v) is 3.27. The Bertz CT molecular complexity index is 749. The van der Waals surface area contributed by atoms with Gasteiger partial charge in [-0.15, -0.1) is 0 Å². The molecule has 24 heavy (non-hydrogen) atoms. The van der Waals surface area contributed by atoms with Crippen molar-refractivity contribution in [3.05, 3.63) is 56.5 Å². The van der Waals surface area contributed by atoms with Gasteiger partial charge in [0.15, 0.2) is 0 Å². The van der Waals surface area contributed by atoms with E-state index in [0.29, 0.717) is 17.4 Å². The van der Waals surface area contributed by atoms with Crippen molar-refractivity contribution in [3.63, 3.8) is 0 Å². The maximum atomic E-state index is 12.5. The lowest BCUT2D eigenvalue weighted by Gasteiger charge is -2.32. The number of aromatic amines is 1. The standard InChI is InChI=1S/C18H23ClN4O/c1-3-22-8-10-23(11-9-22)18-20-13(2)16(17(24)21-18)12-14-4-6-15(19)7-5-14/h4-7H,3,8-12H2,1-2H3,(H,20,21,24)/p+1. The van der Waals surface area contributed by atoms with E-state index in [1.54, 1.807) is 4.90 Å². The van der Waals surface area contributed by atoms with Crippen LogP contribution in [0.5, 0.6) is 0 Å². The van der Waals surface area contributed by atoms with Crippen LogP contribution in [0.1, 0.15) is 23.7 Å². The molecule has 5 nitrogen and oxygen atoms in total. The lowest BCUT2D eigenvalue weighted by atomic mass is 10.1. The molecule has 1 saturated heterocycles. The van der Waals surface area contributed by atoms with Gasteiger partial charge in [-0.1, -0.05) is 23.7 Å². The third kappa shape index (κ3) is 3.79. The molecule has 1 aromatic heterocycles. The molecule has 1 fully saturated rings. The average molecular weight is 348 g/mol. The molecule has 2 N–H and O–H groups in total. The predicted octanol–water partition coefficient (Wildman–Crippen LogP) is 1.05. The first kappa shape index (κ1) is 17.0. The molecule has 0 bridgehead atoms. The normalized spacial score (nSPS) is 15.7. The van der Waals surface area contributed by atoms with Crippen LogP contribution in [0.25, 0.3) is 0 Å². The maximum absolute atomic E-state index is 12.5. The van der Waals surface area contributed by atoms with E-state index < -0.39 is 0 Å². The van der Waals surface area contributed by atoms with Crippen molar-refractivity contribution in [3.8, 4) is 0 Å². The van der Waals surface area contributed by atoms with Gasteiger partial charge in [-0.25, -0.2) is 4.98 Å². The summed E-state index contributed by atoms with van der Waals surface area (Å²) in [6, 6.07) is 7.58. The fourth-order valence-electron chi connectivity index (χ4n) is 3.15. The first-order chi connectivity index (χ1) is 11.6. The minimum Gasteiger partial charge on any atom is -0.332 e. The Balaban J connectivity index is 1.79. The third-order valence-electron chi connectivity index (χ3n) is 4.77. The van der Waals surface area contributed by atoms with Gasteiger partial charge < -0.3 is 9.80 Å². The van der Waals surface area contributed by atoms with Crippen molar-refractivity contribution in [2.75, 3.05) is 37.6 Å². The summed E-state index contributed by atoms with van der Waals surface area (Å²) in [5.74, 6) is 0.701. The second kappa shape index (κ2) is 7.36. The minimum absolute atomic E-state index is 0.0438. The van der Waals surface area contributed by atoms with Crippen LogP contribution in [0.4, 0.5) is 5.95 Å². The van der Waals surface area contributed by atoms with E-state index in [4.69, 9.17) is 11.6 Å². The lowest BCUT2D eigenvalue weighted by Crippen LogP contribution is -3.14. The number of hydrogen-bond donors (Lipinski definition) is 2. The number of aryl methyl sites for hydroxylation is 1. The number of anilines is 1. The number of rotatable bonds is 4. The summed E-state index contributed by atoms with van der Waals surface area (Å²) in [6.07, 6.45) is 0.569. The highest BCUT2D eigenvalue weighted by Gasteiger charge is 2.21. The fraction of sp³-hybridized carbons (Fsp3) is 0.444. The molecule has 0 saturated carbocycles. The van der Waals surface area contributed by atoms with Crippen LogP contribution < -0.4 is 15.4 Å². The Morgan fingerprint density at radius 2 is 1.92 bits per heavy atom. The zero-order valence-corrected chi connectivity index (χ0v) is 15.0. The first-order valence-electron chi connectivity index (χ1n) is 8.49. The summed E-state index contributed by atoms with van der Waals surface area (Å²) < 4.78 is 0. The number of piperazine rings is 1. The van der Waals surface area contributed by atoms with Crippen LogP contribution >= 0.6 is 11.6 Å². The molecule has 0 spiro atoms. The van der Waals surface area contributed by atoms with Crippen LogP contribution in [-0.2, 0) is 6.42 Å². The number of nitrogens with zero attached hydrogens (tertiary/aromatic N) is 2. The summed E-state index contributed by atoms with van der Waals surface area (Å²) in [7, 11) is 0. The molecule has 2 heterocycles. The molecule has 0 radical (unpaired) electrons. The third-order valence-corrected chi connectivity index (χ3v) is 5.03. The first-order valence-corrected chi connectivity index (χ1v) is 8.87. The van der Waals surface area contributed by atoms with E-state index in [-0.39, 0.29) is 5.56 Å². The molecule has 2 aromatic rings. The number of H-pyrrole nitrogens is 1. The Kier molecular flexibility index (Phi) is 5.21. The zero-order chi connectivity index (χ0) is 17.1. The Hall–Kier alpha value is -1.85. The number of quaternary nitrogens is 1. The van der Waals surface area contributed by atoms with Gasteiger partial charge in [0, 0.05) is 17.0 Å². The van der Waals surface area contributed by atoms with E-state index in [1.165, 1.54) is 0 Å². The summed E-state index contributed by atoms with van der Waals surface area (Å²) in [6.45, 7) is 9.32. The summed E-state index contributed by atoms with van der Waals surface area (Å²) in [4.78, 5) is 24.0. The number of benzene rings is 1. The van der Waals surface area contributed by atoms with E-state index in [1.807, 2.05) is 31.2 Å². The van der Waals surface area contributed by atoms with Gasteiger partial charge in [-0.05, 0) is 31.5 Å². The highest BCUT2D eigenvalue weighted by atomic mass is 35.5. The summed E-state index contributed by atoms with van der Waals surface area (Å²) >= 11 is 5.92. The van der Waals surface area contributed by atoms with Crippen molar-refractivity contribution < 1.29 is 4.90 Å². The van der Waals surface area contributed by atoms with Crippen LogP contribution in [0, 0.1) is 6.92 Å². The number of halogens is 1. The van der Waals surface area contributed by atoms with E-state index >= 15 is 0 Å². The molecule has 6 heteroatoms. The average Bonchev–Trinajstić information content (AvgIpc) is 2.59. The molecular weight excluding hydrogens is 324 g/mol. The highest BCUT2D eigenvalue weighted by Crippen LogP contribution is 2.14. The molecule has 3 rings (SSSR count). The molecule has 1 aliphatic heterocycles. The van der Waals surface area contributed by atoms with E-state index in [2.05, 4.69) is 21.8 Å². The second-order valence-corrected chi connectivity index (χ2v) is 6.78. The van der Waals surface area contributed by atoms with Gasteiger partial charge in [0.2, 0.25) is 5.95 Å². The highest BCUT2D eigenvalue weighted by molar-refractivity contribution is 6.30. The lowest BCUT2D eigenvalue weighted by molar-refractivity contribution is -0.898. The SMILES string of the molecule is CC[NH+]1CCN(c2nc(C)c(Cc3ccc(Cl)cc3)c(=O)[nH]2)CC1. The van der Waals surface area contributed by atoms with Gasteiger partial charge in [0.05, 0.1) is 38.4 Å². The van der Waals surface area contributed by atoms with Gasteiger partial charge in [0.1, 0.15) is 0 Å². The number of nitrogens with one attached hydrogen (secondary N) is 2. The maximum Gasteiger partial charge on any atom is 0.256 e. The minimum atomic E-state index is -0.0438. The van der Waals surface area contributed by atoms with Crippen LogP contribution in [-0.4, -0.2) is 42.7 Å². The molecule has 0 aliphatic carbocycles. The largest absolute Gasteiger partial charge is 0.332 e. The summed E-state index contributed by atoms with van der Waals surface area (Å²) in [5, 5.41) is 0.700. The quantitative estimate of drug-likeness (QED) is 0.869. The van der Waals surface area contributed by atoms with Crippen molar-refractivity contribution in [1.29, 1.82) is 0 Å². The number of hydrogen-bond acceptors (Lipinski definition) is 3. The monoisotopic (exact) mass is 347 g/mol. The van der Waals surface area contributed by atoms with E-state index in [9.17, 15) is 4.79 Å². The molecule has 0 unspecified atom stereocenters. The van der Waals surface area contributed by atoms with Gasteiger partial charge in [-0.3, -0.25) is 9.78 Å². The second-order valence-electron chi connectivity index (χ2n) is 6.35. The van der Waals surface area contributed by atoms with E-state index in [0.717, 1.165) is 49.5 Å². The van der Waals surface area contributed by atoms with Crippen LogP contribution in [0.15, 0.2) is 29.1 Å². The van der Waals surface area contributed by atoms with Gasteiger partial charge in [-0.2, -0.15) is 0 Å². The smallest absolute Gasteiger partial charge is 0.256 e.